The third kappa shape index (κ3) is 4.52. The number of halogens is 3. The van der Waals surface area contributed by atoms with Crippen molar-refractivity contribution in [2.45, 2.75) is 31.5 Å². The predicted octanol–water partition coefficient (Wildman–Crippen LogP) is 5.33. The number of nitrogens with one attached hydrogen (secondary N) is 1. The third-order valence-corrected chi connectivity index (χ3v) is 6.36. The van der Waals surface area contributed by atoms with Gasteiger partial charge in [0.25, 0.3) is 0 Å². The molecule has 5 aromatic rings. The highest BCUT2D eigenvalue weighted by Gasteiger charge is 2.34. The van der Waals surface area contributed by atoms with Gasteiger partial charge in [-0.2, -0.15) is 18.3 Å². The van der Waals surface area contributed by atoms with E-state index in [9.17, 15) is 13.2 Å². The first-order valence-electron chi connectivity index (χ1n) is 11.9. The van der Waals surface area contributed by atoms with Crippen molar-refractivity contribution in [1.82, 2.24) is 34.3 Å². The van der Waals surface area contributed by atoms with Crippen LogP contribution in [0.5, 0.6) is 0 Å². The molecule has 0 unspecified atom stereocenters. The molecule has 188 valence electrons. The van der Waals surface area contributed by atoms with Crippen molar-refractivity contribution in [3.8, 4) is 22.8 Å². The number of imidazole rings is 1. The van der Waals surface area contributed by atoms with Crippen LogP contribution in [-0.2, 0) is 26.8 Å². The molecule has 0 aliphatic heterocycles. The monoisotopic (exact) mass is 504 g/mol. The lowest BCUT2D eigenvalue weighted by Gasteiger charge is -2.11. The van der Waals surface area contributed by atoms with Crippen molar-refractivity contribution < 1.29 is 13.2 Å². The maximum Gasteiger partial charge on any atom is 0.434 e. The summed E-state index contributed by atoms with van der Waals surface area (Å²) in [6.45, 7) is 0.444. The van der Waals surface area contributed by atoms with Gasteiger partial charge < -0.3 is 9.88 Å². The number of pyridine rings is 1. The van der Waals surface area contributed by atoms with Gasteiger partial charge in [0, 0.05) is 50.1 Å². The number of nitrogens with zero attached hydrogens (tertiary/aromatic N) is 7. The van der Waals surface area contributed by atoms with Crippen molar-refractivity contribution in [2.75, 3.05) is 5.32 Å². The van der Waals surface area contributed by atoms with E-state index in [-0.39, 0.29) is 5.82 Å². The van der Waals surface area contributed by atoms with Gasteiger partial charge in [-0.05, 0) is 30.5 Å². The van der Waals surface area contributed by atoms with Gasteiger partial charge in [0.2, 0.25) is 0 Å². The maximum atomic E-state index is 13.0. The first-order chi connectivity index (χ1) is 17.8. The predicted molar refractivity (Wildman–Crippen MR) is 132 cm³/mol. The van der Waals surface area contributed by atoms with Crippen molar-refractivity contribution in [2.24, 2.45) is 14.1 Å². The third-order valence-electron chi connectivity index (χ3n) is 6.36. The van der Waals surface area contributed by atoms with E-state index >= 15 is 0 Å². The molecule has 0 radical (unpaired) electrons. The molecule has 1 aliphatic carbocycles. The largest absolute Gasteiger partial charge is 0.434 e. The minimum atomic E-state index is -4.48. The standard InChI is InChI=1S/C26H23F3N8/c1-36-14-20(26(27,28)29)33-25(36)17-7-5-15(6-8-17)12-31-24-22-19(13-37(2)35-22)32-23(34-24)18-4-3-11-30-21(18)16-9-10-16/h3-8,11,13-14,16H,9-10,12H2,1-2H3,(H,31,32,34). The Morgan fingerprint density at radius 3 is 2.49 bits per heavy atom. The van der Waals surface area contributed by atoms with E-state index in [0.717, 1.165) is 41.4 Å². The number of aromatic nitrogens is 7. The van der Waals surface area contributed by atoms with E-state index < -0.39 is 11.9 Å². The molecule has 0 spiro atoms. The molecule has 0 atom stereocenters. The average Bonchev–Trinajstić information content (AvgIpc) is 3.54. The lowest BCUT2D eigenvalue weighted by atomic mass is 10.1. The van der Waals surface area contributed by atoms with E-state index in [1.165, 1.54) is 4.57 Å². The van der Waals surface area contributed by atoms with Crippen LogP contribution in [0.25, 0.3) is 33.8 Å². The Morgan fingerprint density at radius 2 is 1.78 bits per heavy atom. The Balaban J connectivity index is 1.27. The molecule has 1 fully saturated rings. The van der Waals surface area contributed by atoms with Gasteiger partial charge in [-0.25, -0.2) is 15.0 Å². The first-order valence-corrected chi connectivity index (χ1v) is 11.9. The normalized spacial score (nSPS) is 13.9. The minimum absolute atomic E-state index is 0.255. The number of fused-ring (bicyclic) bond motifs is 1. The van der Waals surface area contributed by atoms with Gasteiger partial charge in [0.15, 0.2) is 22.9 Å². The lowest BCUT2D eigenvalue weighted by Crippen LogP contribution is -2.05. The highest BCUT2D eigenvalue weighted by atomic mass is 19.4. The Hall–Kier alpha value is -4.28. The molecule has 37 heavy (non-hydrogen) atoms. The summed E-state index contributed by atoms with van der Waals surface area (Å²) >= 11 is 0. The second-order valence-electron chi connectivity index (χ2n) is 9.25. The molecule has 8 nitrogen and oxygen atoms in total. The molecule has 0 amide bonds. The summed E-state index contributed by atoms with van der Waals surface area (Å²) in [6.07, 6.45) is 2.41. The van der Waals surface area contributed by atoms with Crippen molar-refractivity contribution in [3.63, 3.8) is 0 Å². The quantitative estimate of drug-likeness (QED) is 0.336. The zero-order valence-corrected chi connectivity index (χ0v) is 20.2. The van der Waals surface area contributed by atoms with E-state index in [4.69, 9.17) is 9.97 Å². The van der Waals surface area contributed by atoms with Crippen LogP contribution < -0.4 is 5.32 Å². The zero-order valence-electron chi connectivity index (χ0n) is 20.2. The summed E-state index contributed by atoms with van der Waals surface area (Å²) in [5.41, 5.74) is 3.96. The Labute approximate surface area is 210 Å². The van der Waals surface area contributed by atoms with Gasteiger partial charge >= 0.3 is 6.18 Å². The van der Waals surface area contributed by atoms with Crippen molar-refractivity contribution in [1.29, 1.82) is 0 Å². The molecule has 1 N–H and O–H groups in total. The molecule has 4 aromatic heterocycles. The van der Waals surface area contributed by atoms with E-state index in [1.54, 1.807) is 30.1 Å². The number of rotatable bonds is 6. The molecule has 11 heteroatoms. The molecule has 6 rings (SSSR count). The van der Waals surface area contributed by atoms with Crippen LogP contribution in [0.4, 0.5) is 19.0 Å². The molecular formula is C26H23F3N8. The summed E-state index contributed by atoms with van der Waals surface area (Å²) < 4.78 is 42.2. The smallest absolute Gasteiger partial charge is 0.364 e. The number of aryl methyl sites for hydroxylation is 2. The van der Waals surface area contributed by atoms with Crippen LogP contribution in [-0.4, -0.2) is 34.3 Å². The Bertz CT molecular complexity index is 1600. The maximum absolute atomic E-state index is 13.0. The number of hydrogen-bond donors (Lipinski definition) is 1. The van der Waals surface area contributed by atoms with Crippen LogP contribution in [0.15, 0.2) is 55.0 Å². The first kappa shape index (κ1) is 23.1. The highest BCUT2D eigenvalue weighted by Crippen LogP contribution is 2.43. The molecule has 1 aromatic carbocycles. The number of benzene rings is 1. The Kier molecular flexibility index (Phi) is 5.43. The second-order valence-corrected chi connectivity index (χ2v) is 9.25. The summed E-state index contributed by atoms with van der Waals surface area (Å²) in [5.74, 6) is 1.91. The number of hydrogen-bond acceptors (Lipinski definition) is 6. The topological polar surface area (TPSA) is 86.3 Å². The average molecular weight is 505 g/mol. The van der Waals surface area contributed by atoms with Crippen LogP contribution in [0.2, 0.25) is 0 Å². The van der Waals surface area contributed by atoms with E-state index in [1.807, 2.05) is 37.5 Å². The summed E-state index contributed by atoms with van der Waals surface area (Å²) in [7, 11) is 3.39. The van der Waals surface area contributed by atoms with Crippen LogP contribution in [0, 0.1) is 0 Å². The van der Waals surface area contributed by atoms with Gasteiger partial charge in [-0.3, -0.25) is 9.67 Å². The van der Waals surface area contributed by atoms with E-state index in [2.05, 4.69) is 20.4 Å². The lowest BCUT2D eigenvalue weighted by molar-refractivity contribution is -0.140. The fraction of sp³-hybridized carbons (Fsp3) is 0.269. The summed E-state index contributed by atoms with van der Waals surface area (Å²) in [6, 6.07) is 11.1. The van der Waals surface area contributed by atoms with Crippen molar-refractivity contribution in [3.05, 3.63) is 71.9 Å². The van der Waals surface area contributed by atoms with E-state index in [0.29, 0.717) is 35.2 Å². The van der Waals surface area contributed by atoms with Crippen LogP contribution in [0.1, 0.15) is 35.7 Å². The molecule has 1 saturated carbocycles. The second kappa shape index (κ2) is 8.68. The van der Waals surface area contributed by atoms with Crippen LogP contribution in [0.3, 0.4) is 0 Å². The van der Waals surface area contributed by atoms with Crippen LogP contribution >= 0.6 is 0 Å². The summed E-state index contributed by atoms with van der Waals surface area (Å²) in [5, 5.41) is 7.90. The number of alkyl halides is 3. The van der Waals surface area contributed by atoms with Gasteiger partial charge in [0.05, 0.1) is 11.9 Å². The summed E-state index contributed by atoms with van der Waals surface area (Å²) in [4.78, 5) is 17.9. The minimum Gasteiger partial charge on any atom is -0.364 e. The molecule has 0 saturated heterocycles. The van der Waals surface area contributed by atoms with Gasteiger partial charge in [0.1, 0.15) is 11.3 Å². The zero-order chi connectivity index (χ0) is 25.7. The van der Waals surface area contributed by atoms with Crippen molar-refractivity contribution >= 4 is 16.9 Å². The Morgan fingerprint density at radius 1 is 1.00 bits per heavy atom. The fourth-order valence-corrected chi connectivity index (χ4v) is 4.39. The molecule has 0 bridgehead atoms. The molecular weight excluding hydrogens is 481 g/mol. The highest BCUT2D eigenvalue weighted by molar-refractivity contribution is 5.87. The fourth-order valence-electron chi connectivity index (χ4n) is 4.39. The van der Waals surface area contributed by atoms with Gasteiger partial charge in [-0.1, -0.05) is 24.3 Å². The van der Waals surface area contributed by atoms with Gasteiger partial charge in [-0.15, -0.1) is 0 Å². The molecule has 4 heterocycles. The molecule has 1 aliphatic rings. The number of anilines is 1. The SMILES string of the molecule is Cn1cc2nc(-c3cccnc3C3CC3)nc(NCc3ccc(-c4nc(C(F)(F)F)cn4C)cc3)c2n1.